The van der Waals surface area contributed by atoms with Gasteiger partial charge >= 0.3 is 6.03 Å². The van der Waals surface area contributed by atoms with E-state index in [9.17, 15) is 4.79 Å². The van der Waals surface area contributed by atoms with Crippen LogP contribution in [0.1, 0.15) is 12.5 Å². The first-order chi connectivity index (χ1) is 7.03. The molecule has 1 aromatic rings. The number of rotatable bonds is 1. The SMILES string of the molecule is CN1CC(C)(c2ccccc2Br)NC1=O. The van der Waals surface area contributed by atoms with Crippen LogP contribution < -0.4 is 5.32 Å². The standard InChI is InChI=1S/C11H13BrN2O/c1-11(7-14(2)10(15)13-11)8-5-3-4-6-9(8)12/h3-6H,7H2,1-2H3,(H,13,15). The number of halogens is 1. The number of hydrogen-bond donors (Lipinski definition) is 1. The maximum absolute atomic E-state index is 11.5. The van der Waals surface area contributed by atoms with E-state index in [0.717, 1.165) is 10.0 Å². The van der Waals surface area contributed by atoms with Crippen LogP contribution in [0, 0.1) is 0 Å². The lowest BCUT2D eigenvalue weighted by molar-refractivity contribution is 0.226. The van der Waals surface area contributed by atoms with Gasteiger partial charge in [-0.3, -0.25) is 0 Å². The van der Waals surface area contributed by atoms with Crippen LogP contribution in [0.5, 0.6) is 0 Å². The zero-order chi connectivity index (χ0) is 11.1. The van der Waals surface area contributed by atoms with Gasteiger partial charge in [0.15, 0.2) is 0 Å². The van der Waals surface area contributed by atoms with E-state index in [0.29, 0.717) is 6.54 Å². The van der Waals surface area contributed by atoms with Crippen molar-refractivity contribution in [3.63, 3.8) is 0 Å². The highest BCUT2D eigenvalue weighted by Gasteiger charge is 2.39. The first kappa shape index (κ1) is 10.5. The number of benzene rings is 1. The molecule has 0 saturated carbocycles. The Morgan fingerprint density at radius 3 is 2.67 bits per heavy atom. The molecule has 15 heavy (non-hydrogen) atoms. The molecule has 0 radical (unpaired) electrons. The van der Waals surface area contributed by atoms with E-state index in [1.54, 1.807) is 11.9 Å². The molecular formula is C11H13BrN2O. The van der Waals surface area contributed by atoms with Crippen molar-refractivity contribution in [2.45, 2.75) is 12.5 Å². The van der Waals surface area contributed by atoms with E-state index in [4.69, 9.17) is 0 Å². The molecule has 1 aliphatic heterocycles. The summed E-state index contributed by atoms with van der Waals surface area (Å²) in [5, 5.41) is 2.99. The number of urea groups is 1. The van der Waals surface area contributed by atoms with Crippen LogP contribution in [0.25, 0.3) is 0 Å². The number of carbonyl (C=O) groups is 1. The van der Waals surface area contributed by atoms with E-state index < -0.39 is 0 Å². The van der Waals surface area contributed by atoms with Gasteiger partial charge in [0.2, 0.25) is 0 Å². The average molecular weight is 269 g/mol. The van der Waals surface area contributed by atoms with Gasteiger partial charge in [-0.1, -0.05) is 34.1 Å². The van der Waals surface area contributed by atoms with Gasteiger partial charge < -0.3 is 10.2 Å². The van der Waals surface area contributed by atoms with Gasteiger partial charge in [-0.15, -0.1) is 0 Å². The summed E-state index contributed by atoms with van der Waals surface area (Å²) in [6.45, 7) is 2.73. The summed E-state index contributed by atoms with van der Waals surface area (Å²) in [7, 11) is 1.80. The Kier molecular flexibility index (Phi) is 2.46. The van der Waals surface area contributed by atoms with Gasteiger partial charge in [-0.2, -0.15) is 0 Å². The minimum absolute atomic E-state index is 0.0201. The van der Waals surface area contributed by atoms with E-state index in [-0.39, 0.29) is 11.6 Å². The Morgan fingerprint density at radius 1 is 1.47 bits per heavy atom. The number of likely N-dealkylation sites (N-methyl/N-ethyl adjacent to an activating group) is 1. The highest BCUT2D eigenvalue weighted by atomic mass is 79.9. The lowest BCUT2D eigenvalue weighted by atomic mass is 9.93. The average Bonchev–Trinajstić information content (AvgIpc) is 2.42. The summed E-state index contributed by atoms with van der Waals surface area (Å²) in [6, 6.07) is 7.95. The molecule has 3 nitrogen and oxygen atoms in total. The van der Waals surface area contributed by atoms with Crippen LogP contribution in [-0.2, 0) is 5.54 Å². The Balaban J connectivity index is 2.40. The minimum atomic E-state index is -0.300. The first-order valence-electron chi connectivity index (χ1n) is 4.81. The summed E-state index contributed by atoms with van der Waals surface area (Å²) in [4.78, 5) is 13.2. The monoisotopic (exact) mass is 268 g/mol. The van der Waals surface area contributed by atoms with Crippen molar-refractivity contribution in [1.82, 2.24) is 10.2 Å². The fraction of sp³-hybridized carbons (Fsp3) is 0.364. The molecule has 80 valence electrons. The van der Waals surface area contributed by atoms with Crippen molar-refractivity contribution in [2.24, 2.45) is 0 Å². The molecule has 1 atom stereocenters. The van der Waals surface area contributed by atoms with Gasteiger partial charge in [-0.25, -0.2) is 4.79 Å². The first-order valence-corrected chi connectivity index (χ1v) is 5.60. The van der Waals surface area contributed by atoms with E-state index >= 15 is 0 Å². The third-order valence-corrected chi connectivity index (χ3v) is 3.44. The lowest BCUT2D eigenvalue weighted by Crippen LogP contribution is -2.37. The van der Waals surface area contributed by atoms with Gasteiger partial charge in [0.05, 0.1) is 5.54 Å². The zero-order valence-electron chi connectivity index (χ0n) is 8.75. The van der Waals surface area contributed by atoms with Crippen molar-refractivity contribution in [3.8, 4) is 0 Å². The fourth-order valence-corrected chi connectivity index (χ4v) is 2.70. The number of amides is 2. The third kappa shape index (κ3) is 1.74. The highest BCUT2D eigenvalue weighted by Crippen LogP contribution is 2.31. The Morgan fingerprint density at radius 2 is 2.13 bits per heavy atom. The van der Waals surface area contributed by atoms with Crippen molar-refractivity contribution >= 4 is 22.0 Å². The molecule has 1 fully saturated rings. The second kappa shape index (κ2) is 3.52. The molecule has 1 heterocycles. The molecule has 0 aliphatic carbocycles. The van der Waals surface area contributed by atoms with Crippen LogP contribution in [0.3, 0.4) is 0 Å². The quantitative estimate of drug-likeness (QED) is 0.833. The molecular weight excluding hydrogens is 256 g/mol. The smallest absolute Gasteiger partial charge is 0.317 e. The van der Waals surface area contributed by atoms with Crippen molar-refractivity contribution in [2.75, 3.05) is 13.6 Å². The van der Waals surface area contributed by atoms with Gasteiger partial charge in [0.25, 0.3) is 0 Å². The summed E-state index contributed by atoms with van der Waals surface area (Å²) in [5.74, 6) is 0. The fourth-order valence-electron chi connectivity index (χ4n) is 1.98. The van der Waals surface area contributed by atoms with Gasteiger partial charge in [-0.05, 0) is 18.6 Å². The summed E-state index contributed by atoms with van der Waals surface area (Å²) in [5.41, 5.74) is 0.814. The topological polar surface area (TPSA) is 32.3 Å². The third-order valence-electron chi connectivity index (χ3n) is 2.75. The molecule has 0 spiro atoms. The Bertz CT molecular complexity index is 407. The zero-order valence-corrected chi connectivity index (χ0v) is 10.3. The van der Waals surface area contributed by atoms with Crippen LogP contribution in [0.4, 0.5) is 4.79 Å². The second-order valence-corrected chi connectivity index (χ2v) is 4.95. The second-order valence-electron chi connectivity index (χ2n) is 4.10. The number of nitrogens with zero attached hydrogens (tertiary/aromatic N) is 1. The minimum Gasteiger partial charge on any atom is -0.327 e. The van der Waals surface area contributed by atoms with E-state index in [1.807, 2.05) is 31.2 Å². The number of carbonyl (C=O) groups excluding carboxylic acids is 1. The van der Waals surface area contributed by atoms with Crippen molar-refractivity contribution in [1.29, 1.82) is 0 Å². The largest absolute Gasteiger partial charge is 0.327 e. The highest BCUT2D eigenvalue weighted by molar-refractivity contribution is 9.10. The number of hydrogen-bond acceptors (Lipinski definition) is 1. The molecule has 1 unspecified atom stereocenters. The summed E-state index contributed by atoms with van der Waals surface area (Å²) >= 11 is 3.51. The molecule has 2 amide bonds. The molecule has 2 rings (SSSR count). The van der Waals surface area contributed by atoms with Crippen LogP contribution >= 0.6 is 15.9 Å². The normalized spacial score (nSPS) is 25.5. The van der Waals surface area contributed by atoms with E-state index in [1.165, 1.54) is 0 Å². The molecule has 1 saturated heterocycles. The summed E-state index contributed by atoms with van der Waals surface area (Å²) in [6.07, 6.45) is 0. The molecule has 0 aromatic heterocycles. The Labute approximate surface area is 97.6 Å². The van der Waals surface area contributed by atoms with E-state index in [2.05, 4.69) is 21.2 Å². The summed E-state index contributed by atoms with van der Waals surface area (Å²) < 4.78 is 1.03. The molecule has 0 bridgehead atoms. The van der Waals surface area contributed by atoms with Crippen LogP contribution in [-0.4, -0.2) is 24.5 Å². The Hall–Kier alpha value is -1.03. The van der Waals surface area contributed by atoms with Gasteiger partial charge in [0.1, 0.15) is 0 Å². The van der Waals surface area contributed by atoms with Crippen LogP contribution in [0.15, 0.2) is 28.7 Å². The van der Waals surface area contributed by atoms with Crippen molar-refractivity contribution < 1.29 is 4.79 Å². The van der Waals surface area contributed by atoms with Crippen molar-refractivity contribution in [3.05, 3.63) is 34.3 Å². The maximum atomic E-state index is 11.5. The molecule has 1 aliphatic rings. The molecule has 4 heteroatoms. The predicted molar refractivity (Wildman–Crippen MR) is 62.7 cm³/mol. The lowest BCUT2D eigenvalue weighted by Gasteiger charge is -2.24. The number of nitrogens with one attached hydrogen (secondary N) is 1. The molecule has 1 aromatic carbocycles. The maximum Gasteiger partial charge on any atom is 0.317 e. The predicted octanol–water partition coefficient (Wildman–Crippen LogP) is 2.32. The van der Waals surface area contributed by atoms with Crippen LogP contribution in [0.2, 0.25) is 0 Å². The molecule has 1 N–H and O–H groups in total. The van der Waals surface area contributed by atoms with Gasteiger partial charge in [0, 0.05) is 18.1 Å².